The number of amides is 2. The number of aromatic nitrogens is 2. The molecule has 3 heterocycles. The number of carbonyl (C=O) groups excluding carboxylic acids is 1. The standard InChI is InChI=1S/C28H27N5O4/c1-19-13-22(15-29-14-19)31-28(36)30-21-7-9-23(10-8-21)37-18-20-16-33(17-20)25-6-4-5-24(27(34)35)26(25)32-11-2-3-12-32/h2-15,20H,16-18H2,1H3,(H,34,35)(H2,30,31,36). The molecule has 4 aromatic rings. The van der Waals surface area contributed by atoms with Crippen molar-refractivity contribution in [1.82, 2.24) is 9.55 Å². The summed E-state index contributed by atoms with van der Waals surface area (Å²) in [5.74, 6) is 0.0826. The van der Waals surface area contributed by atoms with Gasteiger partial charge < -0.3 is 29.9 Å². The number of anilines is 3. The fourth-order valence-electron chi connectivity index (χ4n) is 4.35. The maximum atomic E-state index is 12.2. The maximum Gasteiger partial charge on any atom is 0.337 e. The first kappa shape index (κ1) is 23.9. The van der Waals surface area contributed by atoms with Crippen molar-refractivity contribution >= 4 is 29.1 Å². The monoisotopic (exact) mass is 497 g/mol. The number of rotatable bonds is 8. The van der Waals surface area contributed by atoms with Gasteiger partial charge in [-0.25, -0.2) is 9.59 Å². The molecule has 1 fully saturated rings. The lowest BCUT2D eigenvalue weighted by Gasteiger charge is -2.42. The Morgan fingerprint density at radius 2 is 1.73 bits per heavy atom. The summed E-state index contributed by atoms with van der Waals surface area (Å²) in [6.45, 7) is 3.99. The number of para-hydroxylation sites is 1. The van der Waals surface area contributed by atoms with Crippen molar-refractivity contribution in [3.63, 3.8) is 0 Å². The molecular weight excluding hydrogens is 470 g/mol. The van der Waals surface area contributed by atoms with Gasteiger partial charge >= 0.3 is 12.0 Å². The van der Waals surface area contributed by atoms with E-state index in [0.717, 1.165) is 24.3 Å². The van der Waals surface area contributed by atoms with Gasteiger partial charge in [0, 0.05) is 43.3 Å². The summed E-state index contributed by atoms with van der Waals surface area (Å²) in [6.07, 6.45) is 7.03. The topological polar surface area (TPSA) is 109 Å². The Balaban J connectivity index is 1.13. The summed E-state index contributed by atoms with van der Waals surface area (Å²) >= 11 is 0. The molecule has 9 heteroatoms. The summed E-state index contributed by atoms with van der Waals surface area (Å²) in [5.41, 5.74) is 4.07. The van der Waals surface area contributed by atoms with Crippen molar-refractivity contribution in [2.45, 2.75) is 6.92 Å². The number of pyridine rings is 1. The number of urea groups is 1. The molecule has 2 aromatic heterocycles. The van der Waals surface area contributed by atoms with E-state index < -0.39 is 5.97 Å². The zero-order valence-electron chi connectivity index (χ0n) is 20.3. The summed E-state index contributed by atoms with van der Waals surface area (Å²) < 4.78 is 7.81. The Morgan fingerprint density at radius 3 is 2.43 bits per heavy atom. The van der Waals surface area contributed by atoms with Crippen LogP contribution in [0.2, 0.25) is 0 Å². The molecule has 1 aliphatic heterocycles. The third-order valence-corrected chi connectivity index (χ3v) is 6.14. The average molecular weight is 498 g/mol. The first-order chi connectivity index (χ1) is 18.0. The fraction of sp³-hybridized carbons (Fsp3) is 0.179. The van der Waals surface area contributed by atoms with Crippen molar-refractivity contribution < 1.29 is 19.4 Å². The number of nitrogens with zero attached hydrogens (tertiary/aromatic N) is 3. The third-order valence-electron chi connectivity index (χ3n) is 6.14. The normalized spacial score (nSPS) is 13.1. The highest BCUT2D eigenvalue weighted by Crippen LogP contribution is 2.33. The lowest BCUT2D eigenvalue weighted by Crippen LogP contribution is -2.49. The van der Waals surface area contributed by atoms with Crippen LogP contribution >= 0.6 is 0 Å². The number of benzene rings is 2. The van der Waals surface area contributed by atoms with E-state index in [9.17, 15) is 14.7 Å². The smallest absolute Gasteiger partial charge is 0.337 e. The second-order valence-corrected chi connectivity index (χ2v) is 9.01. The second-order valence-electron chi connectivity index (χ2n) is 9.01. The molecule has 1 saturated heterocycles. The Kier molecular flexibility index (Phi) is 6.76. The van der Waals surface area contributed by atoms with Crippen LogP contribution in [0.25, 0.3) is 5.69 Å². The molecule has 9 nitrogen and oxygen atoms in total. The number of carbonyl (C=O) groups is 2. The number of ether oxygens (including phenoxy) is 1. The van der Waals surface area contributed by atoms with Gasteiger partial charge in [-0.1, -0.05) is 6.07 Å². The molecule has 0 spiro atoms. The predicted octanol–water partition coefficient (Wildman–Crippen LogP) is 5.04. The summed E-state index contributed by atoms with van der Waals surface area (Å²) in [7, 11) is 0. The number of carboxylic acids is 1. The highest BCUT2D eigenvalue weighted by atomic mass is 16.5. The first-order valence-corrected chi connectivity index (χ1v) is 11.9. The van der Waals surface area contributed by atoms with E-state index in [1.807, 2.05) is 60.3 Å². The minimum Gasteiger partial charge on any atom is -0.493 e. The van der Waals surface area contributed by atoms with E-state index in [1.165, 1.54) is 0 Å². The van der Waals surface area contributed by atoms with Crippen molar-refractivity contribution in [3.05, 3.63) is 96.6 Å². The van der Waals surface area contributed by atoms with E-state index in [-0.39, 0.29) is 11.6 Å². The molecule has 0 atom stereocenters. The molecule has 188 valence electrons. The minimum absolute atomic E-state index is 0.270. The number of carboxylic acid groups (broad SMARTS) is 1. The fourth-order valence-corrected chi connectivity index (χ4v) is 4.35. The minimum atomic E-state index is -0.950. The zero-order valence-corrected chi connectivity index (χ0v) is 20.3. The summed E-state index contributed by atoms with van der Waals surface area (Å²) in [6, 6.07) is 17.8. The molecule has 0 aliphatic carbocycles. The van der Waals surface area contributed by atoms with Gasteiger partial charge in [0.1, 0.15) is 5.75 Å². The van der Waals surface area contributed by atoms with Gasteiger partial charge in [-0.2, -0.15) is 0 Å². The Morgan fingerprint density at radius 1 is 1.00 bits per heavy atom. The van der Waals surface area contributed by atoms with Crippen LogP contribution in [0, 0.1) is 12.8 Å². The van der Waals surface area contributed by atoms with Crippen molar-refractivity contribution in [2.75, 3.05) is 35.2 Å². The molecule has 37 heavy (non-hydrogen) atoms. The van der Waals surface area contributed by atoms with Crippen LogP contribution in [0.15, 0.2) is 85.5 Å². The van der Waals surface area contributed by atoms with Gasteiger partial charge in [0.25, 0.3) is 0 Å². The highest BCUT2D eigenvalue weighted by molar-refractivity contribution is 5.99. The van der Waals surface area contributed by atoms with E-state index in [1.54, 1.807) is 36.7 Å². The van der Waals surface area contributed by atoms with Crippen molar-refractivity contribution in [1.29, 1.82) is 0 Å². The molecule has 0 saturated carbocycles. The quantitative estimate of drug-likeness (QED) is 0.315. The Hall–Kier alpha value is -4.79. The second kappa shape index (κ2) is 10.4. The predicted molar refractivity (Wildman–Crippen MR) is 142 cm³/mol. The van der Waals surface area contributed by atoms with Gasteiger partial charge in [-0.3, -0.25) is 4.98 Å². The molecule has 0 unspecified atom stereocenters. The van der Waals surface area contributed by atoms with E-state index in [4.69, 9.17) is 4.74 Å². The van der Waals surface area contributed by atoms with Crippen LogP contribution in [-0.2, 0) is 0 Å². The van der Waals surface area contributed by atoms with Gasteiger partial charge in [0.15, 0.2) is 0 Å². The largest absolute Gasteiger partial charge is 0.493 e. The molecule has 1 aliphatic rings. The number of hydrogen-bond acceptors (Lipinski definition) is 5. The number of nitrogens with one attached hydrogen (secondary N) is 2. The Bertz CT molecular complexity index is 1400. The molecule has 0 radical (unpaired) electrons. The molecule has 0 bridgehead atoms. The van der Waals surface area contributed by atoms with Gasteiger partial charge in [-0.15, -0.1) is 0 Å². The molecular formula is C28H27N5O4. The van der Waals surface area contributed by atoms with Crippen LogP contribution in [0.1, 0.15) is 15.9 Å². The van der Waals surface area contributed by atoms with E-state index in [0.29, 0.717) is 35.3 Å². The average Bonchev–Trinajstić information content (AvgIpc) is 3.38. The Labute approximate surface area is 214 Å². The van der Waals surface area contributed by atoms with Crippen LogP contribution in [-0.4, -0.2) is 46.4 Å². The SMILES string of the molecule is Cc1cncc(NC(=O)Nc2ccc(OCC3CN(c4cccc(C(=O)O)c4-n4cccc4)C3)cc2)c1. The van der Waals surface area contributed by atoms with E-state index in [2.05, 4.69) is 20.5 Å². The summed E-state index contributed by atoms with van der Waals surface area (Å²) in [4.78, 5) is 30.3. The lowest BCUT2D eigenvalue weighted by molar-refractivity contribution is 0.0697. The highest BCUT2D eigenvalue weighted by Gasteiger charge is 2.30. The van der Waals surface area contributed by atoms with Crippen molar-refractivity contribution in [3.8, 4) is 11.4 Å². The molecule has 2 amide bonds. The summed E-state index contributed by atoms with van der Waals surface area (Å²) in [5, 5.41) is 15.2. The van der Waals surface area contributed by atoms with Gasteiger partial charge in [-0.05, 0) is 67.1 Å². The first-order valence-electron chi connectivity index (χ1n) is 11.9. The van der Waals surface area contributed by atoms with Crippen LogP contribution < -0.4 is 20.3 Å². The van der Waals surface area contributed by atoms with Gasteiger partial charge in [0.05, 0.1) is 35.4 Å². The number of aryl methyl sites for hydroxylation is 1. The van der Waals surface area contributed by atoms with E-state index >= 15 is 0 Å². The van der Waals surface area contributed by atoms with Gasteiger partial charge in [0.2, 0.25) is 0 Å². The van der Waals surface area contributed by atoms with Crippen LogP contribution in [0.5, 0.6) is 5.75 Å². The molecule has 2 aromatic carbocycles. The number of aromatic carboxylic acids is 1. The molecule has 5 rings (SSSR count). The zero-order chi connectivity index (χ0) is 25.8. The lowest BCUT2D eigenvalue weighted by atomic mass is 9.98. The maximum absolute atomic E-state index is 12.2. The van der Waals surface area contributed by atoms with Crippen LogP contribution in [0.3, 0.4) is 0 Å². The molecule has 3 N–H and O–H groups in total. The third kappa shape index (κ3) is 5.56. The van der Waals surface area contributed by atoms with Crippen molar-refractivity contribution in [2.24, 2.45) is 5.92 Å². The number of hydrogen-bond donors (Lipinski definition) is 3. The van der Waals surface area contributed by atoms with Crippen LogP contribution in [0.4, 0.5) is 21.9 Å².